The third-order valence-corrected chi connectivity index (χ3v) is 6.66. The average molecular weight is 581 g/mol. The molecule has 1 atom stereocenters. The summed E-state index contributed by atoms with van der Waals surface area (Å²) in [4.78, 5) is 30.8. The number of ether oxygens (including phenoxy) is 1. The summed E-state index contributed by atoms with van der Waals surface area (Å²) >= 11 is 0. The maximum atomic E-state index is 12.0. The van der Waals surface area contributed by atoms with Gasteiger partial charge in [0, 0.05) is 31.7 Å². The molecule has 11 heteroatoms. The lowest BCUT2D eigenvalue weighted by atomic mass is 10.0. The smallest absolute Gasteiger partial charge is 0.475 e. The lowest BCUT2D eigenvalue weighted by molar-refractivity contribution is -0.192. The molecular weight excluding hydrogens is 549 g/mol. The van der Waals surface area contributed by atoms with Gasteiger partial charge in [0.2, 0.25) is 0 Å². The van der Waals surface area contributed by atoms with Crippen LogP contribution in [0.2, 0.25) is 0 Å². The predicted molar refractivity (Wildman–Crippen MR) is 154 cm³/mol. The second-order valence-electron chi connectivity index (χ2n) is 9.78. The Labute approximate surface area is 240 Å². The molecule has 5 rings (SSSR count). The molecule has 0 bridgehead atoms. The van der Waals surface area contributed by atoms with Crippen LogP contribution in [-0.4, -0.2) is 64.5 Å². The summed E-state index contributed by atoms with van der Waals surface area (Å²) in [5.41, 5.74) is 6.66. The number of aliphatic carboxylic acids is 1. The van der Waals surface area contributed by atoms with E-state index in [1.54, 1.807) is 11.0 Å². The molecule has 3 aromatic carbocycles. The number of rotatable bonds is 8. The first-order valence-electron chi connectivity index (χ1n) is 13.3. The average Bonchev–Trinajstić information content (AvgIpc) is 3.64. The fourth-order valence-electron chi connectivity index (χ4n) is 4.60. The summed E-state index contributed by atoms with van der Waals surface area (Å²) in [7, 11) is 0. The van der Waals surface area contributed by atoms with Crippen LogP contribution < -0.4 is 5.32 Å². The number of amides is 1. The summed E-state index contributed by atoms with van der Waals surface area (Å²) in [6.45, 7) is 6.99. The number of alkyl halides is 3. The highest BCUT2D eigenvalue weighted by Crippen LogP contribution is 2.27. The SMILES string of the molecule is C=CCOC(=O)N1CCC(CNCc2cccc(-c3cccc(-c4nc5ccccc5[nH]4)c3)c2)C1.O=C(O)C(F)(F)F. The van der Waals surface area contributed by atoms with E-state index in [0.717, 1.165) is 60.6 Å². The van der Waals surface area contributed by atoms with Gasteiger partial charge in [-0.1, -0.05) is 61.2 Å². The molecule has 1 aliphatic rings. The molecule has 8 nitrogen and oxygen atoms in total. The third kappa shape index (κ3) is 8.20. The molecule has 0 saturated carbocycles. The summed E-state index contributed by atoms with van der Waals surface area (Å²) < 4.78 is 36.9. The number of hydrogen-bond acceptors (Lipinski definition) is 5. The summed E-state index contributed by atoms with van der Waals surface area (Å²) in [5, 5.41) is 10.7. The number of para-hydroxylation sites is 2. The van der Waals surface area contributed by atoms with Gasteiger partial charge < -0.3 is 25.0 Å². The maximum absolute atomic E-state index is 12.0. The molecule has 42 heavy (non-hydrogen) atoms. The second kappa shape index (κ2) is 13.8. The number of imidazole rings is 1. The number of benzene rings is 3. The van der Waals surface area contributed by atoms with Gasteiger partial charge in [-0.25, -0.2) is 14.6 Å². The van der Waals surface area contributed by atoms with Gasteiger partial charge in [0.25, 0.3) is 0 Å². The highest BCUT2D eigenvalue weighted by molar-refractivity contribution is 5.80. The summed E-state index contributed by atoms with van der Waals surface area (Å²) in [5.74, 6) is -1.44. The second-order valence-corrected chi connectivity index (χ2v) is 9.78. The van der Waals surface area contributed by atoms with Crippen LogP contribution in [0.3, 0.4) is 0 Å². The molecule has 220 valence electrons. The number of fused-ring (bicyclic) bond motifs is 1. The van der Waals surface area contributed by atoms with Gasteiger partial charge in [0.15, 0.2) is 0 Å². The topological polar surface area (TPSA) is 108 Å². The highest BCUT2D eigenvalue weighted by Gasteiger charge is 2.38. The standard InChI is InChI=1S/C29H30N4O2.C2HF3O2/c1-2-15-35-29(34)33-14-13-22(20-33)19-30-18-21-7-5-8-23(16-21)24-9-6-10-25(17-24)28-31-26-11-3-4-12-27(26)32-28;3-2(4,5)1(6)7/h2-12,16-17,22,30H,1,13-15,18-20H2,(H,31,32);(H,6,7). The van der Waals surface area contributed by atoms with Gasteiger partial charge in [-0.2, -0.15) is 13.2 Å². The third-order valence-electron chi connectivity index (χ3n) is 6.66. The maximum Gasteiger partial charge on any atom is 0.490 e. The Morgan fingerprint density at radius 1 is 1.07 bits per heavy atom. The molecule has 1 aromatic heterocycles. The van der Waals surface area contributed by atoms with E-state index in [1.807, 2.05) is 24.3 Å². The normalized spacial score (nSPS) is 14.7. The van der Waals surface area contributed by atoms with E-state index in [9.17, 15) is 18.0 Å². The first-order valence-corrected chi connectivity index (χ1v) is 13.3. The van der Waals surface area contributed by atoms with Crippen LogP contribution in [0.25, 0.3) is 33.5 Å². The fraction of sp³-hybridized carbons (Fsp3) is 0.258. The number of likely N-dealkylation sites (tertiary alicyclic amines) is 1. The molecule has 4 aromatic rings. The largest absolute Gasteiger partial charge is 0.490 e. The van der Waals surface area contributed by atoms with Crippen molar-refractivity contribution in [3.8, 4) is 22.5 Å². The lowest BCUT2D eigenvalue weighted by Crippen LogP contribution is -2.31. The van der Waals surface area contributed by atoms with Crippen molar-refractivity contribution >= 4 is 23.1 Å². The molecule has 1 saturated heterocycles. The highest BCUT2D eigenvalue weighted by atomic mass is 19.4. The van der Waals surface area contributed by atoms with E-state index in [4.69, 9.17) is 19.6 Å². The zero-order valence-corrected chi connectivity index (χ0v) is 22.7. The fourth-order valence-corrected chi connectivity index (χ4v) is 4.60. The predicted octanol–water partition coefficient (Wildman–Crippen LogP) is 6.26. The van der Waals surface area contributed by atoms with Crippen molar-refractivity contribution in [2.75, 3.05) is 26.2 Å². The van der Waals surface area contributed by atoms with Crippen LogP contribution in [0, 0.1) is 5.92 Å². The van der Waals surface area contributed by atoms with Gasteiger partial charge in [-0.05, 0) is 53.3 Å². The molecule has 1 fully saturated rings. The molecule has 1 amide bonds. The van der Waals surface area contributed by atoms with Crippen molar-refractivity contribution in [1.82, 2.24) is 20.2 Å². The Hall–Kier alpha value is -4.64. The van der Waals surface area contributed by atoms with E-state index in [-0.39, 0.29) is 12.7 Å². The van der Waals surface area contributed by atoms with Crippen molar-refractivity contribution < 1.29 is 32.6 Å². The summed E-state index contributed by atoms with van der Waals surface area (Å²) in [6.07, 6.45) is -2.74. The number of nitrogens with one attached hydrogen (secondary N) is 2. The van der Waals surface area contributed by atoms with Crippen LogP contribution in [0.15, 0.2) is 85.5 Å². The number of aromatic nitrogens is 2. The minimum Gasteiger partial charge on any atom is -0.475 e. The number of carboxylic acids is 1. The minimum atomic E-state index is -5.08. The van der Waals surface area contributed by atoms with Gasteiger partial charge in [0.1, 0.15) is 12.4 Å². The summed E-state index contributed by atoms with van der Waals surface area (Å²) in [6, 6.07) is 25.2. The molecule has 0 radical (unpaired) electrons. The zero-order chi connectivity index (χ0) is 30.1. The van der Waals surface area contributed by atoms with Crippen LogP contribution in [0.4, 0.5) is 18.0 Å². The van der Waals surface area contributed by atoms with Crippen LogP contribution >= 0.6 is 0 Å². The van der Waals surface area contributed by atoms with Gasteiger partial charge in [0.05, 0.1) is 11.0 Å². The van der Waals surface area contributed by atoms with Crippen LogP contribution in [0.1, 0.15) is 12.0 Å². The first kappa shape index (κ1) is 30.3. The molecule has 3 N–H and O–H groups in total. The van der Waals surface area contributed by atoms with Crippen molar-refractivity contribution in [3.05, 3.63) is 91.0 Å². The quantitative estimate of drug-likeness (QED) is 0.212. The van der Waals surface area contributed by atoms with Gasteiger partial charge in [-0.15, -0.1) is 0 Å². The number of nitrogens with zero attached hydrogens (tertiary/aromatic N) is 2. The Bertz CT molecular complexity index is 1500. The van der Waals surface area contributed by atoms with E-state index < -0.39 is 12.1 Å². The van der Waals surface area contributed by atoms with Crippen molar-refractivity contribution in [2.24, 2.45) is 5.92 Å². The van der Waals surface area contributed by atoms with E-state index in [2.05, 4.69) is 65.4 Å². The molecule has 0 spiro atoms. The lowest BCUT2D eigenvalue weighted by Gasteiger charge is -2.16. The number of hydrogen-bond donors (Lipinski definition) is 3. The van der Waals surface area contributed by atoms with Gasteiger partial charge >= 0.3 is 18.2 Å². The Morgan fingerprint density at radius 2 is 1.76 bits per heavy atom. The molecular formula is C31H31F3N4O4. The van der Waals surface area contributed by atoms with Crippen molar-refractivity contribution in [3.63, 3.8) is 0 Å². The van der Waals surface area contributed by atoms with Crippen molar-refractivity contribution in [2.45, 2.75) is 19.1 Å². The van der Waals surface area contributed by atoms with Crippen LogP contribution in [-0.2, 0) is 16.1 Å². The zero-order valence-electron chi connectivity index (χ0n) is 22.7. The van der Waals surface area contributed by atoms with Gasteiger partial charge in [-0.3, -0.25) is 0 Å². The Balaban J connectivity index is 0.000000517. The molecule has 1 unspecified atom stereocenters. The first-order chi connectivity index (χ1) is 20.1. The molecule has 2 heterocycles. The molecule has 1 aliphatic heterocycles. The van der Waals surface area contributed by atoms with Crippen molar-refractivity contribution in [1.29, 1.82) is 0 Å². The number of carboxylic acid groups (broad SMARTS) is 1. The number of carbonyl (C=O) groups is 2. The monoisotopic (exact) mass is 580 g/mol. The molecule has 0 aliphatic carbocycles. The number of halogens is 3. The Kier molecular flexibility index (Phi) is 9.98. The Morgan fingerprint density at radius 3 is 2.48 bits per heavy atom. The van der Waals surface area contributed by atoms with E-state index in [1.165, 1.54) is 11.1 Å². The number of H-pyrrole nitrogens is 1. The minimum absolute atomic E-state index is 0.245. The van der Waals surface area contributed by atoms with Crippen LogP contribution in [0.5, 0.6) is 0 Å². The number of carbonyl (C=O) groups excluding carboxylic acids is 1. The van der Waals surface area contributed by atoms with E-state index >= 15 is 0 Å². The number of aromatic amines is 1. The van der Waals surface area contributed by atoms with E-state index in [0.29, 0.717) is 5.92 Å².